The van der Waals surface area contributed by atoms with E-state index in [1.165, 1.54) is 38.8 Å². The zero-order valence-electron chi connectivity index (χ0n) is 11.3. The molecule has 5 heteroatoms. The summed E-state index contributed by atoms with van der Waals surface area (Å²) in [6.45, 7) is 4.74. The molecule has 2 aliphatic heterocycles. The van der Waals surface area contributed by atoms with Crippen LogP contribution in [0.1, 0.15) is 44.5 Å². The molecule has 2 saturated heterocycles. The minimum absolute atomic E-state index is 0.282. The van der Waals surface area contributed by atoms with Crippen LogP contribution in [0.2, 0.25) is 0 Å². The van der Waals surface area contributed by atoms with Crippen molar-refractivity contribution in [1.29, 1.82) is 0 Å². The van der Waals surface area contributed by atoms with E-state index >= 15 is 0 Å². The largest absolute Gasteiger partial charge is 0.319 e. The second-order valence-corrected chi connectivity index (χ2v) is 5.68. The lowest BCUT2D eigenvalue weighted by Crippen LogP contribution is -2.45. The molecule has 0 aliphatic carbocycles. The molecule has 100 valence electrons. The molecule has 3 atom stereocenters. The lowest BCUT2D eigenvalue weighted by atomic mass is 9.98. The topological polar surface area (TPSA) is 46.0 Å². The summed E-state index contributed by atoms with van der Waals surface area (Å²) in [6.07, 6.45) is 7.16. The first kappa shape index (κ1) is 12.1. The standard InChI is InChI=1S/C13H23N5/c1-10(13-16-14-9-17(13)2)15-11-6-8-18-7-4-3-5-12(11)18/h9-12,15H,3-8H2,1-2H3. The maximum atomic E-state index is 4.20. The van der Waals surface area contributed by atoms with Gasteiger partial charge in [-0.3, -0.25) is 4.90 Å². The van der Waals surface area contributed by atoms with Crippen molar-refractivity contribution in [1.82, 2.24) is 25.0 Å². The van der Waals surface area contributed by atoms with Gasteiger partial charge in [0.05, 0.1) is 6.04 Å². The van der Waals surface area contributed by atoms with E-state index in [-0.39, 0.29) is 6.04 Å². The smallest absolute Gasteiger partial charge is 0.149 e. The quantitative estimate of drug-likeness (QED) is 0.871. The van der Waals surface area contributed by atoms with E-state index in [0.717, 1.165) is 11.9 Å². The van der Waals surface area contributed by atoms with Crippen molar-refractivity contribution < 1.29 is 0 Å². The van der Waals surface area contributed by atoms with E-state index in [1.54, 1.807) is 6.33 Å². The summed E-state index contributed by atoms with van der Waals surface area (Å²) in [5.74, 6) is 1.03. The predicted octanol–water partition coefficient (Wildman–Crippen LogP) is 1.09. The maximum Gasteiger partial charge on any atom is 0.149 e. The number of hydrogen-bond acceptors (Lipinski definition) is 4. The number of rotatable bonds is 3. The minimum Gasteiger partial charge on any atom is -0.319 e. The first-order chi connectivity index (χ1) is 8.75. The van der Waals surface area contributed by atoms with Crippen LogP contribution >= 0.6 is 0 Å². The zero-order chi connectivity index (χ0) is 12.5. The van der Waals surface area contributed by atoms with Crippen molar-refractivity contribution in [3.8, 4) is 0 Å². The first-order valence-electron chi connectivity index (χ1n) is 7.09. The molecule has 2 fully saturated rings. The minimum atomic E-state index is 0.282. The summed E-state index contributed by atoms with van der Waals surface area (Å²) in [5, 5.41) is 11.9. The fraction of sp³-hybridized carbons (Fsp3) is 0.846. The molecule has 0 bridgehead atoms. The van der Waals surface area contributed by atoms with Gasteiger partial charge < -0.3 is 9.88 Å². The molecule has 1 aromatic rings. The molecule has 0 saturated carbocycles. The van der Waals surface area contributed by atoms with Gasteiger partial charge in [-0.2, -0.15) is 0 Å². The van der Waals surface area contributed by atoms with Gasteiger partial charge in [0, 0.05) is 25.7 Å². The van der Waals surface area contributed by atoms with Crippen molar-refractivity contribution >= 4 is 0 Å². The summed E-state index contributed by atoms with van der Waals surface area (Å²) in [5.41, 5.74) is 0. The third-order valence-electron chi connectivity index (χ3n) is 4.45. The Morgan fingerprint density at radius 3 is 3.00 bits per heavy atom. The molecular weight excluding hydrogens is 226 g/mol. The summed E-state index contributed by atoms with van der Waals surface area (Å²) in [7, 11) is 2.01. The summed E-state index contributed by atoms with van der Waals surface area (Å²) >= 11 is 0. The van der Waals surface area contributed by atoms with Crippen LogP contribution in [-0.4, -0.2) is 44.8 Å². The molecule has 3 rings (SSSR count). The van der Waals surface area contributed by atoms with Crippen LogP contribution in [0.3, 0.4) is 0 Å². The lowest BCUT2D eigenvalue weighted by molar-refractivity contribution is 0.176. The molecule has 3 unspecified atom stereocenters. The van der Waals surface area contributed by atoms with Gasteiger partial charge >= 0.3 is 0 Å². The molecule has 0 spiro atoms. The van der Waals surface area contributed by atoms with Crippen molar-refractivity contribution in [3.05, 3.63) is 12.2 Å². The average Bonchev–Trinajstić information content (AvgIpc) is 2.97. The van der Waals surface area contributed by atoms with Gasteiger partial charge in [0.1, 0.15) is 12.2 Å². The van der Waals surface area contributed by atoms with Crippen LogP contribution in [0, 0.1) is 0 Å². The number of nitrogens with one attached hydrogen (secondary N) is 1. The zero-order valence-corrected chi connectivity index (χ0v) is 11.3. The fourth-order valence-electron chi connectivity index (χ4n) is 3.52. The molecule has 1 N–H and O–H groups in total. The molecule has 2 aliphatic rings. The number of aromatic nitrogens is 3. The summed E-state index contributed by atoms with van der Waals surface area (Å²) < 4.78 is 2.01. The normalized spacial score (nSPS) is 30.3. The number of hydrogen-bond donors (Lipinski definition) is 1. The summed E-state index contributed by atoms with van der Waals surface area (Å²) in [4.78, 5) is 2.66. The summed E-state index contributed by atoms with van der Waals surface area (Å²) in [6, 6.07) is 1.65. The van der Waals surface area contributed by atoms with E-state index < -0.39 is 0 Å². The molecule has 18 heavy (non-hydrogen) atoms. The van der Waals surface area contributed by atoms with E-state index in [1.807, 2.05) is 11.6 Å². The first-order valence-corrected chi connectivity index (χ1v) is 7.09. The van der Waals surface area contributed by atoms with Gasteiger partial charge in [-0.15, -0.1) is 10.2 Å². The molecule has 1 aromatic heterocycles. The predicted molar refractivity (Wildman–Crippen MR) is 70.2 cm³/mol. The number of aryl methyl sites for hydroxylation is 1. The van der Waals surface area contributed by atoms with Gasteiger partial charge in [0.25, 0.3) is 0 Å². The van der Waals surface area contributed by atoms with E-state index in [2.05, 4.69) is 27.3 Å². The molecular formula is C13H23N5. The average molecular weight is 249 g/mol. The lowest BCUT2D eigenvalue weighted by Gasteiger charge is -2.33. The van der Waals surface area contributed by atoms with Gasteiger partial charge in [-0.05, 0) is 32.7 Å². The Kier molecular flexibility index (Phi) is 3.35. The van der Waals surface area contributed by atoms with Crippen LogP contribution in [0.5, 0.6) is 0 Å². The Morgan fingerprint density at radius 1 is 1.33 bits per heavy atom. The van der Waals surface area contributed by atoms with Crippen LogP contribution in [0.25, 0.3) is 0 Å². The molecule has 0 radical (unpaired) electrons. The SMILES string of the molecule is CC(NC1CCN2CCCCC12)c1nncn1C. The van der Waals surface area contributed by atoms with Crippen LogP contribution in [0.4, 0.5) is 0 Å². The second-order valence-electron chi connectivity index (χ2n) is 5.68. The molecule has 3 heterocycles. The monoisotopic (exact) mass is 249 g/mol. The van der Waals surface area contributed by atoms with E-state index in [9.17, 15) is 0 Å². The number of fused-ring (bicyclic) bond motifs is 1. The van der Waals surface area contributed by atoms with Crippen molar-refractivity contribution in [2.75, 3.05) is 13.1 Å². The highest BCUT2D eigenvalue weighted by molar-refractivity contribution is 4.99. The van der Waals surface area contributed by atoms with Crippen molar-refractivity contribution in [2.24, 2.45) is 7.05 Å². The Morgan fingerprint density at radius 2 is 2.22 bits per heavy atom. The highest BCUT2D eigenvalue weighted by Gasteiger charge is 2.36. The number of nitrogens with zero attached hydrogens (tertiary/aromatic N) is 4. The van der Waals surface area contributed by atoms with Gasteiger partial charge in [0.2, 0.25) is 0 Å². The van der Waals surface area contributed by atoms with Gasteiger partial charge in [0.15, 0.2) is 0 Å². The van der Waals surface area contributed by atoms with Crippen molar-refractivity contribution in [2.45, 2.75) is 50.7 Å². The Labute approximate surface area is 109 Å². The molecule has 0 aromatic carbocycles. The molecule has 0 amide bonds. The Balaban J connectivity index is 1.64. The highest BCUT2D eigenvalue weighted by atomic mass is 15.3. The Hall–Kier alpha value is -0.940. The van der Waals surface area contributed by atoms with Crippen LogP contribution in [0.15, 0.2) is 6.33 Å². The van der Waals surface area contributed by atoms with E-state index in [0.29, 0.717) is 6.04 Å². The molecule has 5 nitrogen and oxygen atoms in total. The van der Waals surface area contributed by atoms with Crippen molar-refractivity contribution in [3.63, 3.8) is 0 Å². The second kappa shape index (κ2) is 4.97. The highest BCUT2D eigenvalue weighted by Crippen LogP contribution is 2.28. The van der Waals surface area contributed by atoms with Crippen LogP contribution in [-0.2, 0) is 7.05 Å². The van der Waals surface area contributed by atoms with E-state index in [4.69, 9.17) is 0 Å². The van der Waals surface area contributed by atoms with Gasteiger partial charge in [-0.1, -0.05) is 6.42 Å². The number of piperidine rings is 1. The van der Waals surface area contributed by atoms with Gasteiger partial charge in [-0.25, -0.2) is 0 Å². The van der Waals surface area contributed by atoms with Crippen LogP contribution < -0.4 is 5.32 Å². The third-order valence-corrected chi connectivity index (χ3v) is 4.45. The fourth-order valence-corrected chi connectivity index (χ4v) is 3.52. The third kappa shape index (κ3) is 2.17. The Bertz CT molecular complexity index is 402. The maximum absolute atomic E-state index is 4.20.